The Morgan fingerprint density at radius 3 is 2.60 bits per heavy atom. The second-order valence-electron chi connectivity index (χ2n) is 10.0. The number of anilines is 1. The molecule has 1 saturated heterocycles. The van der Waals surface area contributed by atoms with E-state index >= 15 is 0 Å². The Hall–Kier alpha value is -3.06. The van der Waals surface area contributed by atoms with Crippen molar-refractivity contribution in [1.82, 2.24) is 15.5 Å². The number of amides is 3. The molecule has 2 aromatic carbocycles. The molecule has 35 heavy (non-hydrogen) atoms. The SMILES string of the molecule is O=C(NCCCO)N[C@@H]1CCCC[C@@H]1C(=O)N1CC[C@H]2[C@H](c3ccccc3)Nc3ccccc3[C@@H]21. The zero-order valence-electron chi connectivity index (χ0n) is 20.2. The second kappa shape index (κ2) is 10.7. The van der Waals surface area contributed by atoms with Gasteiger partial charge in [-0.15, -0.1) is 0 Å². The molecule has 186 valence electrons. The molecule has 2 aliphatic heterocycles. The average molecular weight is 477 g/mol. The summed E-state index contributed by atoms with van der Waals surface area (Å²) in [6.07, 6.45) is 5.11. The molecule has 7 nitrogen and oxygen atoms in total. The highest BCUT2D eigenvalue weighted by atomic mass is 16.3. The Morgan fingerprint density at radius 1 is 1.00 bits per heavy atom. The highest BCUT2D eigenvalue weighted by Gasteiger charge is 2.48. The zero-order chi connectivity index (χ0) is 24.2. The fourth-order valence-electron chi connectivity index (χ4n) is 6.28. The number of hydrogen-bond acceptors (Lipinski definition) is 4. The van der Waals surface area contributed by atoms with Gasteiger partial charge in [-0.2, -0.15) is 0 Å². The number of nitrogens with one attached hydrogen (secondary N) is 3. The lowest BCUT2D eigenvalue weighted by atomic mass is 9.79. The predicted octanol–water partition coefficient (Wildman–Crippen LogP) is 3.98. The second-order valence-corrected chi connectivity index (χ2v) is 10.0. The van der Waals surface area contributed by atoms with Gasteiger partial charge in [-0.3, -0.25) is 4.79 Å². The fraction of sp³-hybridized carbons (Fsp3) is 0.500. The minimum atomic E-state index is -0.251. The molecule has 3 aliphatic rings. The molecule has 0 bridgehead atoms. The first kappa shape index (κ1) is 23.7. The summed E-state index contributed by atoms with van der Waals surface area (Å²) in [4.78, 5) is 28.6. The number of aliphatic hydroxyl groups excluding tert-OH is 1. The van der Waals surface area contributed by atoms with Crippen LogP contribution in [0.2, 0.25) is 0 Å². The van der Waals surface area contributed by atoms with E-state index in [2.05, 4.69) is 63.3 Å². The molecule has 0 aromatic heterocycles. The molecule has 2 aromatic rings. The van der Waals surface area contributed by atoms with Crippen LogP contribution in [0.1, 0.15) is 61.7 Å². The van der Waals surface area contributed by atoms with Gasteiger partial charge < -0.3 is 26.0 Å². The number of urea groups is 1. The summed E-state index contributed by atoms with van der Waals surface area (Å²) in [7, 11) is 0. The molecule has 7 heteroatoms. The Bertz CT molecular complexity index is 1030. The highest BCUT2D eigenvalue weighted by molar-refractivity contribution is 5.82. The summed E-state index contributed by atoms with van der Waals surface area (Å²) in [5.74, 6) is 0.262. The van der Waals surface area contributed by atoms with E-state index < -0.39 is 0 Å². The molecular formula is C28H36N4O3. The fourth-order valence-corrected chi connectivity index (χ4v) is 6.28. The van der Waals surface area contributed by atoms with Crippen LogP contribution >= 0.6 is 0 Å². The van der Waals surface area contributed by atoms with Crippen molar-refractivity contribution in [3.05, 3.63) is 65.7 Å². The van der Waals surface area contributed by atoms with E-state index in [0.717, 1.165) is 44.3 Å². The van der Waals surface area contributed by atoms with Crippen LogP contribution in [0.25, 0.3) is 0 Å². The van der Waals surface area contributed by atoms with Gasteiger partial charge in [-0.25, -0.2) is 4.79 Å². The van der Waals surface area contributed by atoms with Crippen molar-refractivity contribution in [2.75, 3.05) is 25.0 Å². The van der Waals surface area contributed by atoms with Gasteiger partial charge in [0, 0.05) is 37.3 Å². The zero-order valence-corrected chi connectivity index (χ0v) is 20.2. The van der Waals surface area contributed by atoms with Crippen LogP contribution in [-0.4, -0.2) is 47.7 Å². The number of para-hydroxylation sites is 1. The maximum atomic E-state index is 14.1. The summed E-state index contributed by atoms with van der Waals surface area (Å²) in [6.45, 7) is 1.20. The van der Waals surface area contributed by atoms with Gasteiger partial charge in [0.15, 0.2) is 0 Å². The molecule has 2 heterocycles. The molecule has 3 amide bonds. The van der Waals surface area contributed by atoms with Crippen LogP contribution in [0.15, 0.2) is 54.6 Å². The van der Waals surface area contributed by atoms with Gasteiger partial charge in [0.05, 0.1) is 18.0 Å². The maximum Gasteiger partial charge on any atom is 0.315 e. The Labute approximate surface area is 207 Å². The first-order valence-electron chi connectivity index (χ1n) is 13.0. The molecular weight excluding hydrogens is 440 g/mol. The molecule has 1 saturated carbocycles. The molecule has 5 rings (SSSR count). The lowest BCUT2D eigenvalue weighted by Crippen LogP contribution is -2.52. The molecule has 0 unspecified atom stereocenters. The molecule has 5 atom stereocenters. The number of nitrogens with zero attached hydrogens (tertiary/aromatic N) is 1. The third kappa shape index (κ3) is 4.87. The van der Waals surface area contributed by atoms with E-state index in [1.165, 1.54) is 11.1 Å². The molecule has 0 radical (unpaired) electrons. The molecule has 2 fully saturated rings. The lowest BCUT2D eigenvalue weighted by molar-refractivity contribution is -0.138. The summed E-state index contributed by atoms with van der Waals surface area (Å²) in [5, 5.41) is 18.6. The third-order valence-electron chi connectivity index (χ3n) is 7.93. The number of aliphatic hydroxyl groups is 1. The van der Waals surface area contributed by atoms with Crippen LogP contribution in [0, 0.1) is 11.8 Å². The Morgan fingerprint density at radius 2 is 1.77 bits per heavy atom. The van der Waals surface area contributed by atoms with E-state index in [-0.39, 0.29) is 42.6 Å². The minimum Gasteiger partial charge on any atom is -0.396 e. The predicted molar refractivity (Wildman–Crippen MR) is 136 cm³/mol. The van der Waals surface area contributed by atoms with Gasteiger partial charge >= 0.3 is 6.03 Å². The smallest absolute Gasteiger partial charge is 0.315 e. The molecule has 4 N–H and O–H groups in total. The van der Waals surface area contributed by atoms with Gasteiger partial charge in [0.1, 0.15) is 0 Å². The van der Waals surface area contributed by atoms with Gasteiger partial charge in [-0.05, 0) is 42.9 Å². The summed E-state index contributed by atoms with van der Waals surface area (Å²) in [5.41, 5.74) is 3.55. The van der Waals surface area contributed by atoms with Gasteiger partial charge in [0.25, 0.3) is 0 Å². The van der Waals surface area contributed by atoms with Crippen molar-refractivity contribution < 1.29 is 14.7 Å². The van der Waals surface area contributed by atoms with E-state index in [4.69, 9.17) is 5.11 Å². The molecule has 0 spiro atoms. The van der Waals surface area contributed by atoms with Crippen molar-refractivity contribution in [2.24, 2.45) is 11.8 Å². The Kier molecular flexibility index (Phi) is 7.23. The summed E-state index contributed by atoms with van der Waals surface area (Å²) < 4.78 is 0. The van der Waals surface area contributed by atoms with Crippen molar-refractivity contribution >= 4 is 17.6 Å². The normalized spacial score (nSPS) is 27.3. The number of fused-ring (bicyclic) bond motifs is 3. The van der Waals surface area contributed by atoms with E-state index in [1.54, 1.807) is 0 Å². The Balaban J connectivity index is 1.38. The van der Waals surface area contributed by atoms with Crippen LogP contribution in [0.3, 0.4) is 0 Å². The monoisotopic (exact) mass is 476 g/mol. The number of likely N-dealkylation sites (tertiary alicyclic amines) is 1. The van der Waals surface area contributed by atoms with Gasteiger partial charge in [-0.1, -0.05) is 61.4 Å². The van der Waals surface area contributed by atoms with E-state index in [0.29, 0.717) is 18.9 Å². The highest BCUT2D eigenvalue weighted by Crippen LogP contribution is 2.51. The quantitative estimate of drug-likeness (QED) is 0.475. The van der Waals surface area contributed by atoms with Crippen molar-refractivity contribution in [1.29, 1.82) is 0 Å². The van der Waals surface area contributed by atoms with Gasteiger partial charge in [0.2, 0.25) is 5.91 Å². The standard InChI is InChI=1S/C28H36N4O3/c33-18-8-16-29-28(35)31-24-14-7-5-12-21(24)27(34)32-17-15-22-25(19-9-2-1-3-10-19)30-23-13-6-4-11-20(23)26(22)32/h1-4,6,9-11,13,21-22,24-26,30,33H,5,7-8,12,14-18H2,(H2,29,31,35)/t21-,22-,24+,25-,26-/m0/s1. The van der Waals surface area contributed by atoms with Crippen LogP contribution in [0.5, 0.6) is 0 Å². The van der Waals surface area contributed by atoms with Crippen molar-refractivity contribution in [3.8, 4) is 0 Å². The van der Waals surface area contributed by atoms with Crippen molar-refractivity contribution in [2.45, 2.75) is 56.7 Å². The first-order chi connectivity index (χ1) is 17.2. The maximum absolute atomic E-state index is 14.1. The number of benzene rings is 2. The van der Waals surface area contributed by atoms with Crippen molar-refractivity contribution in [3.63, 3.8) is 0 Å². The van der Waals surface area contributed by atoms with Crippen LogP contribution in [-0.2, 0) is 4.79 Å². The topological polar surface area (TPSA) is 93.7 Å². The number of carbonyl (C=O) groups is 2. The minimum absolute atomic E-state index is 0.0334. The van der Waals surface area contributed by atoms with E-state index in [1.807, 2.05) is 12.1 Å². The molecule has 1 aliphatic carbocycles. The largest absolute Gasteiger partial charge is 0.396 e. The number of carbonyl (C=O) groups excluding carboxylic acids is 2. The lowest BCUT2D eigenvalue weighted by Gasteiger charge is -2.42. The van der Waals surface area contributed by atoms with Crippen LogP contribution in [0.4, 0.5) is 10.5 Å². The summed E-state index contributed by atoms with van der Waals surface area (Å²) >= 11 is 0. The first-order valence-corrected chi connectivity index (χ1v) is 13.0. The van der Waals surface area contributed by atoms with Crippen LogP contribution < -0.4 is 16.0 Å². The third-order valence-corrected chi connectivity index (χ3v) is 7.93. The number of hydrogen-bond donors (Lipinski definition) is 4. The number of rotatable bonds is 6. The average Bonchev–Trinajstić information content (AvgIpc) is 3.34. The summed E-state index contributed by atoms with van der Waals surface area (Å²) in [6, 6.07) is 18.7. The van der Waals surface area contributed by atoms with E-state index in [9.17, 15) is 9.59 Å².